The summed E-state index contributed by atoms with van der Waals surface area (Å²) >= 11 is 0. The summed E-state index contributed by atoms with van der Waals surface area (Å²) in [6.07, 6.45) is -28.1. The zero-order chi connectivity index (χ0) is 38.3. The Kier molecular flexibility index (Phi) is 9.58. The number of nitrogens with zero attached hydrogens (tertiary/aromatic N) is 1. The van der Waals surface area contributed by atoms with E-state index < -0.39 is 87.7 Å². The van der Waals surface area contributed by atoms with Crippen LogP contribution in [0.3, 0.4) is 0 Å². The van der Waals surface area contributed by atoms with Gasteiger partial charge in [0, 0.05) is 36.0 Å². The molecule has 280 valence electrons. The minimum Gasteiger partial charge on any atom is -0.363 e. The molecule has 0 N–H and O–H groups in total. The van der Waals surface area contributed by atoms with Crippen LogP contribution in [-0.2, 0) is 25.4 Å². The molecule has 50 heavy (non-hydrogen) atoms. The van der Waals surface area contributed by atoms with Crippen LogP contribution in [0.2, 0.25) is 0 Å². The van der Waals surface area contributed by atoms with E-state index in [-0.39, 0.29) is 17.5 Å². The Labute approximate surface area is 281 Å². The summed E-state index contributed by atoms with van der Waals surface area (Å²) in [5.74, 6) is -4.08. The number of hydrogen-bond donors (Lipinski definition) is 0. The Hall–Kier alpha value is -2.98. The molecule has 16 heteroatoms. The number of hydrogen-bond acceptors (Lipinski definition) is 4. The summed E-state index contributed by atoms with van der Waals surface area (Å²) in [5.41, 5.74) is -19.3. The molecule has 0 saturated heterocycles. The molecule has 0 saturated carbocycles. The lowest BCUT2D eigenvalue weighted by Gasteiger charge is -2.53. The maximum Gasteiger partial charge on any atom is 0.431 e. The topological polar surface area (TPSA) is 30.9 Å². The van der Waals surface area contributed by atoms with Gasteiger partial charge >= 0.3 is 24.7 Å². The zero-order valence-corrected chi connectivity index (χ0v) is 28.3. The van der Waals surface area contributed by atoms with Crippen LogP contribution in [0, 0.1) is 19.3 Å². The normalized spacial score (nSPS) is 23.4. The van der Waals surface area contributed by atoms with Crippen LogP contribution in [-0.4, -0.2) is 49.2 Å². The summed E-state index contributed by atoms with van der Waals surface area (Å²) < 4.78 is 203. The summed E-state index contributed by atoms with van der Waals surface area (Å²) in [4.78, 5) is 0.404. The van der Waals surface area contributed by atoms with Crippen molar-refractivity contribution in [2.75, 3.05) is 11.9 Å². The average molecular weight is 736 g/mol. The third-order valence-electron chi connectivity index (χ3n) is 9.01. The predicted molar refractivity (Wildman–Crippen MR) is 160 cm³/mol. The number of aryl methyl sites for hydroxylation is 2. The summed E-state index contributed by atoms with van der Waals surface area (Å²) in [5, 5.41) is 0. The van der Waals surface area contributed by atoms with Gasteiger partial charge in [-0.1, -0.05) is 68.3 Å². The van der Waals surface area contributed by atoms with E-state index in [2.05, 4.69) is 0 Å². The number of ether oxygens (including phenoxy) is 3. The standard InChI is InChI=1S/C34H37F12NO3/c1-9-28(25-14-15-26(4,5)18-27(6,7)48-25)49-29(31(35,36)37,32(38,39)40)21-16-19(2)10-12-23(21)47(8)24-13-11-20(3)17-22(24)30(50-28,33(41,42)43)34(44,45)46/h10-17,25H,9,18H2,1-8H3. The predicted octanol–water partition coefficient (Wildman–Crippen LogP) is 11.0. The molecule has 2 heterocycles. The quantitative estimate of drug-likeness (QED) is 0.227. The molecular formula is C34H37F12NO3. The van der Waals surface area contributed by atoms with Crippen molar-refractivity contribution in [3.8, 4) is 0 Å². The lowest BCUT2D eigenvalue weighted by Crippen LogP contribution is -2.68. The Bertz CT molecular complexity index is 1500. The zero-order valence-electron chi connectivity index (χ0n) is 28.3. The van der Waals surface area contributed by atoms with Gasteiger partial charge in [0.25, 0.3) is 11.2 Å². The SMILES string of the molecule is CCC1(C2C=CC(C)(C)CC(C)(C)O2)OC(C(F)(F)F)(C(F)(F)F)c2cc(C)ccc2N(C)c2ccc(C)cc2C(C(F)(F)F)(C(F)(F)F)O1. The second-order valence-electron chi connectivity index (χ2n) is 14.1. The number of alkyl halides is 12. The largest absolute Gasteiger partial charge is 0.431 e. The van der Waals surface area contributed by atoms with Gasteiger partial charge in [-0.25, -0.2) is 0 Å². The molecule has 1 unspecified atom stereocenters. The highest BCUT2D eigenvalue weighted by molar-refractivity contribution is 5.72. The van der Waals surface area contributed by atoms with E-state index in [0.29, 0.717) is 17.0 Å². The van der Waals surface area contributed by atoms with E-state index in [9.17, 15) is 0 Å². The lowest BCUT2D eigenvalue weighted by atomic mass is 9.82. The number of halogens is 12. The summed E-state index contributed by atoms with van der Waals surface area (Å²) in [7, 11) is 0.758. The van der Waals surface area contributed by atoms with Crippen LogP contribution in [0.25, 0.3) is 0 Å². The second kappa shape index (κ2) is 12.0. The summed E-state index contributed by atoms with van der Waals surface area (Å²) in [6, 6.07) is 4.60. The molecule has 0 fully saturated rings. The van der Waals surface area contributed by atoms with E-state index in [1.165, 1.54) is 19.9 Å². The molecule has 0 spiro atoms. The van der Waals surface area contributed by atoms with Crippen LogP contribution in [0.5, 0.6) is 0 Å². The van der Waals surface area contributed by atoms with Gasteiger partial charge in [-0.05, 0) is 51.7 Å². The Morgan fingerprint density at radius 1 is 0.680 bits per heavy atom. The van der Waals surface area contributed by atoms with Crippen molar-refractivity contribution in [1.82, 2.24) is 0 Å². The number of allylic oxidation sites excluding steroid dienone is 1. The minimum absolute atomic E-state index is 0.00495. The van der Waals surface area contributed by atoms with Crippen LogP contribution < -0.4 is 4.90 Å². The van der Waals surface area contributed by atoms with Gasteiger partial charge in [-0.15, -0.1) is 0 Å². The molecule has 2 aliphatic rings. The highest BCUT2D eigenvalue weighted by Crippen LogP contribution is 2.64. The summed E-state index contributed by atoms with van der Waals surface area (Å²) in [6.45, 7) is 8.95. The van der Waals surface area contributed by atoms with Crippen molar-refractivity contribution in [1.29, 1.82) is 0 Å². The van der Waals surface area contributed by atoms with Gasteiger partial charge in [-0.2, -0.15) is 52.7 Å². The Morgan fingerprint density at radius 2 is 1.06 bits per heavy atom. The molecule has 2 aromatic rings. The van der Waals surface area contributed by atoms with E-state index in [1.807, 2.05) is 0 Å². The monoisotopic (exact) mass is 735 g/mol. The molecule has 0 aliphatic carbocycles. The first-order chi connectivity index (χ1) is 22.4. The maximum absolute atomic E-state index is 15.6. The van der Waals surface area contributed by atoms with Gasteiger partial charge < -0.3 is 19.1 Å². The lowest BCUT2D eigenvalue weighted by molar-refractivity contribution is -0.499. The molecule has 0 amide bonds. The second-order valence-corrected chi connectivity index (χ2v) is 14.1. The third kappa shape index (κ3) is 6.37. The minimum atomic E-state index is -6.56. The first-order valence-electron chi connectivity index (χ1n) is 15.4. The Morgan fingerprint density at radius 3 is 1.40 bits per heavy atom. The molecular weight excluding hydrogens is 698 g/mol. The van der Waals surface area contributed by atoms with E-state index in [0.717, 1.165) is 58.2 Å². The van der Waals surface area contributed by atoms with Gasteiger partial charge in [0.2, 0.25) is 5.79 Å². The van der Waals surface area contributed by atoms with Crippen molar-refractivity contribution in [2.45, 2.75) is 115 Å². The van der Waals surface area contributed by atoms with Crippen LogP contribution in [0.15, 0.2) is 48.6 Å². The molecule has 0 bridgehead atoms. The number of rotatable bonds is 2. The van der Waals surface area contributed by atoms with Crippen LogP contribution in [0.1, 0.15) is 69.7 Å². The van der Waals surface area contributed by atoms with Crippen molar-refractivity contribution >= 4 is 11.4 Å². The Balaban J connectivity index is 2.39. The van der Waals surface area contributed by atoms with E-state index in [4.69, 9.17) is 14.2 Å². The highest BCUT2D eigenvalue weighted by atomic mass is 19.4. The molecule has 0 radical (unpaired) electrons. The van der Waals surface area contributed by atoms with Gasteiger partial charge in [0.15, 0.2) is 0 Å². The molecule has 2 aliphatic heterocycles. The van der Waals surface area contributed by atoms with Crippen molar-refractivity contribution in [3.05, 3.63) is 70.8 Å². The van der Waals surface area contributed by atoms with Crippen molar-refractivity contribution in [3.63, 3.8) is 0 Å². The van der Waals surface area contributed by atoms with Crippen LogP contribution >= 0.6 is 0 Å². The highest BCUT2D eigenvalue weighted by Gasteiger charge is 2.81. The molecule has 2 aromatic carbocycles. The molecule has 0 aromatic heterocycles. The van der Waals surface area contributed by atoms with Crippen molar-refractivity contribution < 1.29 is 66.9 Å². The smallest absolute Gasteiger partial charge is 0.363 e. The average Bonchev–Trinajstić information content (AvgIpc) is 3.03. The fourth-order valence-electron chi connectivity index (χ4n) is 7.02. The first-order valence-corrected chi connectivity index (χ1v) is 15.4. The number of fused-ring (bicyclic) bond motifs is 2. The third-order valence-corrected chi connectivity index (χ3v) is 9.01. The molecule has 4 rings (SSSR count). The van der Waals surface area contributed by atoms with Gasteiger partial charge in [0.1, 0.15) is 6.10 Å². The number of benzene rings is 2. The number of anilines is 2. The van der Waals surface area contributed by atoms with E-state index >= 15 is 52.7 Å². The first kappa shape index (κ1) is 39.8. The van der Waals surface area contributed by atoms with E-state index in [1.54, 1.807) is 13.8 Å². The van der Waals surface area contributed by atoms with Crippen molar-refractivity contribution in [2.24, 2.45) is 5.41 Å². The van der Waals surface area contributed by atoms with Crippen LogP contribution in [0.4, 0.5) is 64.1 Å². The molecule has 1 atom stereocenters. The van der Waals surface area contributed by atoms with Gasteiger partial charge in [0.05, 0.1) is 5.60 Å². The maximum atomic E-state index is 15.6. The van der Waals surface area contributed by atoms with Gasteiger partial charge in [-0.3, -0.25) is 0 Å². The fourth-order valence-corrected chi connectivity index (χ4v) is 7.02. The fraction of sp³-hybridized carbons (Fsp3) is 0.588. The molecule has 4 nitrogen and oxygen atoms in total.